The van der Waals surface area contributed by atoms with Gasteiger partial charge in [-0.3, -0.25) is 9.89 Å². The predicted octanol–water partition coefficient (Wildman–Crippen LogP) is 2.29. The van der Waals surface area contributed by atoms with Crippen LogP contribution in [0.3, 0.4) is 0 Å². The molecule has 1 N–H and O–H groups in total. The number of nitrogens with one attached hydrogen (secondary N) is 1. The molecule has 3 amide bonds. The number of carbonyl (C=O) groups excluding carboxylic acids is 2. The fourth-order valence-electron chi connectivity index (χ4n) is 4.85. The Morgan fingerprint density at radius 1 is 1.03 bits per heavy atom. The van der Waals surface area contributed by atoms with Crippen molar-refractivity contribution in [2.24, 2.45) is 11.8 Å². The summed E-state index contributed by atoms with van der Waals surface area (Å²) in [6.45, 7) is 3.45. The van der Waals surface area contributed by atoms with Crippen LogP contribution in [0.1, 0.15) is 17.0 Å². The fourth-order valence-corrected chi connectivity index (χ4v) is 4.85. The molecule has 12 heteroatoms. The number of hydrogen-bond donors (Lipinski definition) is 1. The molecule has 4 heterocycles. The van der Waals surface area contributed by atoms with Crippen LogP contribution in [0.2, 0.25) is 0 Å². The number of benzene rings is 1. The van der Waals surface area contributed by atoms with Crippen LogP contribution in [0.15, 0.2) is 30.3 Å². The van der Waals surface area contributed by atoms with Crippen molar-refractivity contribution in [1.29, 1.82) is 0 Å². The number of carbonyl (C=O) groups is 2. The number of likely N-dealkylation sites (tertiary alicyclic amines) is 2. The van der Waals surface area contributed by atoms with Crippen molar-refractivity contribution >= 4 is 18.0 Å². The van der Waals surface area contributed by atoms with E-state index in [2.05, 4.69) is 20.1 Å². The summed E-state index contributed by atoms with van der Waals surface area (Å²) in [6, 6.07) is 5.31. The molecule has 1 aromatic carbocycles. The van der Waals surface area contributed by atoms with Crippen LogP contribution in [0.5, 0.6) is 5.75 Å². The summed E-state index contributed by atoms with van der Waals surface area (Å²) >= 11 is 0. The van der Waals surface area contributed by atoms with Crippen molar-refractivity contribution in [3.63, 3.8) is 0 Å². The van der Waals surface area contributed by atoms with Gasteiger partial charge in [-0.2, -0.15) is 0 Å². The van der Waals surface area contributed by atoms with Crippen molar-refractivity contribution < 1.29 is 27.5 Å². The summed E-state index contributed by atoms with van der Waals surface area (Å²) in [5.74, 6) is -0.00837. The van der Waals surface area contributed by atoms with Gasteiger partial charge in [0.25, 0.3) is 0 Å². The van der Waals surface area contributed by atoms with Crippen LogP contribution in [0, 0.1) is 11.8 Å². The second kappa shape index (κ2) is 8.65. The zero-order chi connectivity index (χ0) is 23.9. The Hall–Kier alpha value is -3.57. The number of hydrogen-bond acceptors (Lipinski definition) is 5. The lowest BCUT2D eigenvalue weighted by atomic mass is 10.0. The van der Waals surface area contributed by atoms with Gasteiger partial charge in [0.1, 0.15) is 11.4 Å². The van der Waals surface area contributed by atoms with Crippen LogP contribution in [0.25, 0.3) is 6.08 Å². The minimum Gasteiger partial charge on any atom is -0.406 e. The van der Waals surface area contributed by atoms with E-state index in [9.17, 15) is 22.8 Å². The average Bonchev–Trinajstić information content (AvgIpc) is 3.51. The van der Waals surface area contributed by atoms with Gasteiger partial charge in [-0.25, -0.2) is 4.79 Å². The Morgan fingerprint density at radius 2 is 1.71 bits per heavy atom. The molecule has 0 radical (unpaired) electrons. The van der Waals surface area contributed by atoms with Crippen molar-refractivity contribution in [2.75, 3.05) is 32.7 Å². The molecule has 3 aliphatic heterocycles. The molecule has 0 aliphatic carbocycles. The Kier molecular flexibility index (Phi) is 5.66. The van der Waals surface area contributed by atoms with Crippen LogP contribution in [-0.4, -0.2) is 81.1 Å². The molecule has 180 valence electrons. The van der Waals surface area contributed by atoms with Crippen molar-refractivity contribution in [1.82, 2.24) is 30.1 Å². The van der Waals surface area contributed by atoms with E-state index in [4.69, 9.17) is 0 Å². The molecule has 0 bridgehead atoms. The van der Waals surface area contributed by atoms with Gasteiger partial charge in [0.15, 0.2) is 0 Å². The highest BCUT2D eigenvalue weighted by molar-refractivity contribution is 5.92. The number of halogens is 3. The summed E-state index contributed by atoms with van der Waals surface area (Å²) in [5.41, 5.74) is 2.39. The van der Waals surface area contributed by atoms with Crippen LogP contribution in [0.4, 0.5) is 18.0 Å². The van der Waals surface area contributed by atoms with E-state index in [1.54, 1.807) is 15.9 Å². The monoisotopic (exact) mass is 476 g/mol. The lowest BCUT2D eigenvalue weighted by Crippen LogP contribution is -2.45. The maximum atomic E-state index is 13.0. The minimum atomic E-state index is -4.74. The van der Waals surface area contributed by atoms with E-state index in [1.807, 2.05) is 4.90 Å². The molecule has 2 aromatic rings. The van der Waals surface area contributed by atoms with Gasteiger partial charge in [0.05, 0.1) is 12.2 Å². The molecular weight excluding hydrogens is 453 g/mol. The first-order valence-corrected chi connectivity index (χ1v) is 11.0. The van der Waals surface area contributed by atoms with Gasteiger partial charge in [-0.15, -0.1) is 18.3 Å². The Morgan fingerprint density at radius 3 is 2.38 bits per heavy atom. The van der Waals surface area contributed by atoms with E-state index in [0.29, 0.717) is 51.3 Å². The number of H-pyrrole nitrogens is 1. The second-order valence-electron chi connectivity index (χ2n) is 8.81. The molecule has 0 unspecified atom stereocenters. The third-order valence-corrected chi connectivity index (χ3v) is 6.55. The topological polar surface area (TPSA) is 94.7 Å². The van der Waals surface area contributed by atoms with Gasteiger partial charge < -0.3 is 19.4 Å². The molecule has 0 spiro atoms. The summed E-state index contributed by atoms with van der Waals surface area (Å²) in [5, 5.41) is 10.7. The molecule has 3 aliphatic rings. The maximum absolute atomic E-state index is 13.0. The van der Waals surface area contributed by atoms with Gasteiger partial charge in [-0.05, 0) is 23.8 Å². The number of fused-ring (bicyclic) bond motifs is 2. The zero-order valence-corrected chi connectivity index (χ0v) is 18.2. The highest BCUT2D eigenvalue weighted by Gasteiger charge is 2.43. The first-order chi connectivity index (χ1) is 16.2. The molecule has 34 heavy (non-hydrogen) atoms. The third-order valence-electron chi connectivity index (χ3n) is 6.55. The zero-order valence-electron chi connectivity index (χ0n) is 18.2. The highest BCUT2D eigenvalue weighted by atomic mass is 19.4. The summed E-state index contributed by atoms with van der Waals surface area (Å²) < 4.78 is 40.6. The maximum Gasteiger partial charge on any atom is 0.573 e. The van der Waals surface area contributed by atoms with E-state index < -0.39 is 6.36 Å². The highest BCUT2D eigenvalue weighted by Crippen LogP contribution is 2.32. The SMILES string of the molecule is O=C(C=Cc1ccc(OC(F)(F)F)cc1)N1C[C@@H]2CN(C(=O)N3CCc4[nH]nnc4C3)C[C@@H]2C1. The first kappa shape index (κ1) is 22.2. The summed E-state index contributed by atoms with van der Waals surface area (Å²) in [4.78, 5) is 31.0. The number of amides is 3. The Labute approximate surface area is 193 Å². The van der Waals surface area contributed by atoms with Gasteiger partial charge >= 0.3 is 12.4 Å². The molecule has 5 rings (SSSR count). The molecular formula is C22H23F3N6O3. The standard InChI is InChI=1S/C22H23F3N6O3/c23-22(24,25)34-17-4-1-14(2-5-17)3-6-20(32)30-9-15-11-31(12-16(15)10-30)21(33)29-8-7-18-19(13-29)27-28-26-18/h1-6,15-16H,7-13H2,(H,26,27,28)/t15-,16+. The van der Waals surface area contributed by atoms with Gasteiger partial charge in [0, 0.05) is 57.1 Å². The Balaban J connectivity index is 1.12. The predicted molar refractivity (Wildman–Crippen MR) is 113 cm³/mol. The molecule has 0 saturated carbocycles. The lowest BCUT2D eigenvalue weighted by Gasteiger charge is -2.31. The number of aromatic amines is 1. The van der Waals surface area contributed by atoms with E-state index in [0.717, 1.165) is 11.4 Å². The van der Waals surface area contributed by atoms with Crippen molar-refractivity contribution in [3.8, 4) is 5.75 Å². The summed E-state index contributed by atoms with van der Waals surface area (Å²) in [6.07, 6.45) is -1.04. The van der Waals surface area contributed by atoms with Crippen LogP contribution >= 0.6 is 0 Å². The number of nitrogens with zero attached hydrogens (tertiary/aromatic N) is 5. The average molecular weight is 476 g/mol. The van der Waals surface area contributed by atoms with Crippen molar-refractivity contribution in [2.45, 2.75) is 19.3 Å². The number of aromatic nitrogens is 3. The number of rotatable bonds is 3. The molecule has 9 nitrogen and oxygen atoms in total. The molecule has 2 saturated heterocycles. The van der Waals surface area contributed by atoms with Crippen LogP contribution < -0.4 is 4.74 Å². The van der Waals surface area contributed by atoms with Crippen molar-refractivity contribution in [3.05, 3.63) is 47.3 Å². The first-order valence-electron chi connectivity index (χ1n) is 11.0. The number of urea groups is 1. The normalized spacial score (nSPS) is 22.3. The van der Waals surface area contributed by atoms with E-state index >= 15 is 0 Å². The number of alkyl halides is 3. The van der Waals surface area contributed by atoms with Crippen LogP contribution in [-0.2, 0) is 17.8 Å². The second-order valence-corrected chi connectivity index (χ2v) is 8.81. The number of ether oxygens (including phenoxy) is 1. The van der Waals surface area contributed by atoms with Gasteiger partial charge in [-0.1, -0.05) is 17.3 Å². The smallest absolute Gasteiger partial charge is 0.406 e. The Bertz CT molecular complexity index is 1090. The molecule has 1 aromatic heterocycles. The fraction of sp³-hybridized carbons (Fsp3) is 0.455. The largest absolute Gasteiger partial charge is 0.573 e. The summed E-state index contributed by atoms with van der Waals surface area (Å²) in [7, 11) is 0. The quantitative estimate of drug-likeness (QED) is 0.686. The lowest BCUT2D eigenvalue weighted by molar-refractivity contribution is -0.274. The minimum absolute atomic E-state index is 0.00114. The van der Waals surface area contributed by atoms with E-state index in [-0.39, 0.29) is 29.5 Å². The third kappa shape index (κ3) is 4.70. The molecule has 2 fully saturated rings. The molecule has 2 atom stereocenters. The van der Waals surface area contributed by atoms with Gasteiger partial charge in [0.2, 0.25) is 5.91 Å². The van der Waals surface area contributed by atoms with E-state index in [1.165, 1.54) is 30.3 Å².